The van der Waals surface area contributed by atoms with E-state index in [1.54, 1.807) is 30.3 Å². The Hall–Kier alpha value is -4.57. The summed E-state index contributed by atoms with van der Waals surface area (Å²) in [6.07, 6.45) is -1.95. The van der Waals surface area contributed by atoms with Gasteiger partial charge in [0.05, 0.1) is 19.6 Å². The summed E-state index contributed by atoms with van der Waals surface area (Å²) in [6.45, 7) is 3.41. The number of piperidine rings is 1. The molecule has 218 valence electrons. The first-order valence-electron chi connectivity index (χ1n) is 12.8. The number of aromatic hydroxyl groups is 1. The van der Waals surface area contributed by atoms with Gasteiger partial charge in [-0.05, 0) is 18.1 Å². The Morgan fingerprint density at radius 1 is 1.29 bits per heavy atom. The Bertz CT molecular complexity index is 1440. The molecule has 13 heteroatoms. The first-order chi connectivity index (χ1) is 19.6. The third-order valence-electron chi connectivity index (χ3n) is 6.84. The van der Waals surface area contributed by atoms with Crippen molar-refractivity contribution in [2.45, 2.75) is 44.9 Å². The minimum absolute atomic E-state index is 0.00953. The predicted molar refractivity (Wildman–Crippen MR) is 145 cm³/mol. The molecule has 2 heterocycles. The molecule has 0 bridgehead atoms. The van der Waals surface area contributed by atoms with Crippen LogP contribution in [0.25, 0.3) is 11.1 Å². The quantitative estimate of drug-likeness (QED) is 0.372. The molecule has 1 fully saturated rings. The Balaban J connectivity index is 0.00000226. The van der Waals surface area contributed by atoms with Crippen LogP contribution in [-0.4, -0.2) is 58.2 Å². The lowest BCUT2D eigenvalue weighted by Gasteiger charge is -2.43. The summed E-state index contributed by atoms with van der Waals surface area (Å²) in [7, 11) is 1.10. The Kier molecular flexibility index (Phi) is 9.96. The van der Waals surface area contributed by atoms with Crippen LogP contribution in [0.3, 0.4) is 0 Å². The van der Waals surface area contributed by atoms with Gasteiger partial charge in [-0.15, -0.1) is 0 Å². The van der Waals surface area contributed by atoms with E-state index in [0.717, 1.165) is 24.1 Å². The van der Waals surface area contributed by atoms with Crippen LogP contribution in [0.5, 0.6) is 5.75 Å². The number of hydrogen-bond donors (Lipinski definition) is 3. The molecule has 3 aromatic rings. The van der Waals surface area contributed by atoms with Gasteiger partial charge in [-0.2, -0.15) is 10.4 Å². The number of phenols is 1. The number of halogens is 3. The van der Waals surface area contributed by atoms with E-state index in [0.29, 0.717) is 5.56 Å². The van der Waals surface area contributed by atoms with Crippen molar-refractivity contribution in [3.8, 4) is 22.9 Å². The van der Waals surface area contributed by atoms with Crippen LogP contribution in [-0.2, 0) is 16.8 Å². The second kappa shape index (κ2) is 13.2. The van der Waals surface area contributed by atoms with Crippen LogP contribution < -0.4 is 11.1 Å². The maximum Gasteiger partial charge on any atom is 0.412 e. The van der Waals surface area contributed by atoms with Crippen LogP contribution in [0.4, 0.5) is 23.8 Å². The summed E-state index contributed by atoms with van der Waals surface area (Å²) in [5.41, 5.74) is 3.60. The number of nitrogens with one attached hydrogen (secondary N) is 1. The third kappa shape index (κ3) is 6.28. The van der Waals surface area contributed by atoms with Gasteiger partial charge >= 0.3 is 6.09 Å². The van der Waals surface area contributed by atoms with Gasteiger partial charge in [0, 0.05) is 37.0 Å². The third-order valence-corrected chi connectivity index (χ3v) is 6.84. The molecule has 2 amide bonds. The number of ether oxygens (including phenoxy) is 1. The molecule has 1 aliphatic rings. The van der Waals surface area contributed by atoms with E-state index in [-0.39, 0.29) is 49.4 Å². The lowest BCUT2D eigenvalue weighted by atomic mass is 9.83. The summed E-state index contributed by atoms with van der Waals surface area (Å²) in [4.78, 5) is 25.0. The molecule has 2 atom stereocenters. The number of anilines is 1. The van der Waals surface area contributed by atoms with Crippen molar-refractivity contribution in [3.63, 3.8) is 0 Å². The number of alkyl halides is 1. The molecule has 41 heavy (non-hydrogen) atoms. The topological polar surface area (TPSA) is 146 Å². The molecule has 0 saturated carbocycles. The number of phenolic OH excluding ortho intramolecular Hbond substituents is 1. The number of aromatic nitrogens is 2. The molecule has 2 aromatic carbocycles. The number of primary amides is 1. The Morgan fingerprint density at radius 2 is 1.98 bits per heavy atom. The number of benzene rings is 2. The summed E-state index contributed by atoms with van der Waals surface area (Å²) in [5, 5.41) is 26.3. The molecule has 0 radical (unpaired) electrons. The smallest absolute Gasteiger partial charge is 0.412 e. The second-order valence-corrected chi connectivity index (χ2v) is 9.12. The van der Waals surface area contributed by atoms with Gasteiger partial charge in [-0.3, -0.25) is 19.7 Å². The summed E-state index contributed by atoms with van der Waals surface area (Å²) in [5.74, 6) is -3.97. The SMILES string of the molecule is CC.COC(=O)Nc1nn(C2(CC#N)CCN(Cc3c(F)cc(-c4ccccc4)c(O)c3F)CC2F)cc1C(N)=O. The molecule has 1 aromatic heterocycles. The number of carbonyl (C=O) groups is 2. The molecule has 4 N–H and O–H groups in total. The normalized spacial score (nSPS) is 18.5. The number of carbonyl (C=O) groups excluding carboxylic acids is 2. The van der Waals surface area contributed by atoms with Crippen LogP contribution in [0.15, 0.2) is 42.6 Å². The monoisotopic (exact) mass is 572 g/mol. The van der Waals surface area contributed by atoms with E-state index in [4.69, 9.17) is 5.73 Å². The fraction of sp³-hybridized carbons (Fsp3) is 0.357. The van der Waals surface area contributed by atoms with Gasteiger partial charge < -0.3 is 15.6 Å². The maximum atomic E-state index is 15.8. The highest BCUT2D eigenvalue weighted by Crippen LogP contribution is 2.39. The van der Waals surface area contributed by atoms with Crippen molar-refractivity contribution in [1.82, 2.24) is 14.7 Å². The van der Waals surface area contributed by atoms with Gasteiger partial charge in [-0.1, -0.05) is 44.2 Å². The van der Waals surface area contributed by atoms with Gasteiger partial charge in [-0.25, -0.2) is 18.0 Å². The van der Waals surface area contributed by atoms with Gasteiger partial charge in [0.25, 0.3) is 5.91 Å². The summed E-state index contributed by atoms with van der Waals surface area (Å²) in [6, 6.07) is 11.2. The molecule has 1 saturated heterocycles. The van der Waals surface area contributed by atoms with Crippen LogP contribution >= 0.6 is 0 Å². The van der Waals surface area contributed by atoms with Crippen LogP contribution in [0, 0.1) is 23.0 Å². The van der Waals surface area contributed by atoms with Crippen molar-refractivity contribution in [3.05, 3.63) is 65.4 Å². The van der Waals surface area contributed by atoms with Crippen molar-refractivity contribution in [2.75, 3.05) is 25.5 Å². The highest BCUT2D eigenvalue weighted by Gasteiger charge is 2.47. The highest BCUT2D eigenvalue weighted by molar-refractivity contribution is 6.00. The fourth-order valence-electron chi connectivity index (χ4n) is 4.69. The van der Waals surface area contributed by atoms with Gasteiger partial charge in [0.2, 0.25) is 0 Å². The number of hydrogen-bond acceptors (Lipinski definition) is 7. The predicted octanol–water partition coefficient (Wildman–Crippen LogP) is 4.69. The maximum absolute atomic E-state index is 15.8. The molecular formula is C28H31F3N6O4. The number of methoxy groups -OCH3 is 1. The Morgan fingerprint density at radius 3 is 2.56 bits per heavy atom. The number of nitriles is 1. The van der Waals surface area contributed by atoms with Crippen molar-refractivity contribution in [2.24, 2.45) is 5.73 Å². The number of nitrogens with zero attached hydrogens (tertiary/aromatic N) is 4. The minimum atomic E-state index is -1.78. The number of amides is 2. The number of rotatable bonds is 7. The lowest BCUT2D eigenvalue weighted by molar-refractivity contribution is 0.00618. The van der Waals surface area contributed by atoms with Crippen LogP contribution in [0.2, 0.25) is 0 Å². The molecule has 1 aliphatic heterocycles. The zero-order valence-corrected chi connectivity index (χ0v) is 22.8. The van der Waals surface area contributed by atoms with Crippen molar-refractivity contribution >= 4 is 17.8 Å². The van der Waals surface area contributed by atoms with Gasteiger partial charge in [0.1, 0.15) is 23.1 Å². The molecule has 10 nitrogen and oxygen atoms in total. The average Bonchev–Trinajstić information content (AvgIpc) is 3.40. The zero-order chi connectivity index (χ0) is 30.3. The van der Waals surface area contributed by atoms with E-state index in [2.05, 4.69) is 15.2 Å². The van der Waals surface area contributed by atoms with Crippen molar-refractivity contribution < 1.29 is 32.6 Å². The number of likely N-dealkylation sites (tertiary alicyclic amines) is 1. The largest absolute Gasteiger partial charge is 0.504 e. The lowest BCUT2D eigenvalue weighted by Crippen LogP contribution is -2.54. The van der Waals surface area contributed by atoms with E-state index in [9.17, 15) is 20.0 Å². The minimum Gasteiger partial charge on any atom is -0.504 e. The van der Waals surface area contributed by atoms with E-state index < -0.39 is 46.7 Å². The standard InChI is InChI=1S/C26H25F3N6O4.C2H6/c1-39-25(38)32-24-18(23(31)37)13-35(33-24)26(7-9-30)8-10-34(14-20(26)28)12-17-19(27)11-16(22(36)21(17)29)15-5-3-2-4-6-15;1-2/h2-6,11,13,20,36H,7-8,10,12,14H2,1H3,(H2,31,37)(H,32,33,38);1-2H3. The summed E-state index contributed by atoms with van der Waals surface area (Å²) >= 11 is 0. The van der Waals surface area contributed by atoms with Crippen LogP contribution in [0.1, 0.15) is 42.6 Å². The Labute approximate surface area is 235 Å². The zero-order valence-electron chi connectivity index (χ0n) is 22.8. The second-order valence-electron chi connectivity index (χ2n) is 9.12. The molecule has 4 rings (SSSR count). The van der Waals surface area contributed by atoms with Gasteiger partial charge in [0.15, 0.2) is 17.4 Å². The van der Waals surface area contributed by atoms with E-state index >= 15 is 13.2 Å². The fourth-order valence-corrected chi connectivity index (χ4v) is 4.69. The number of nitrogens with two attached hydrogens (primary N) is 1. The van der Waals surface area contributed by atoms with E-state index in [1.807, 2.05) is 19.9 Å². The molecule has 0 spiro atoms. The average molecular weight is 573 g/mol. The first kappa shape index (κ1) is 31.0. The summed E-state index contributed by atoms with van der Waals surface area (Å²) < 4.78 is 51.5. The van der Waals surface area contributed by atoms with Crippen molar-refractivity contribution in [1.29, 1.82) is 5.26 Å². The molecule has 0 aliphatic carbocycles. The highest BCUT2D eigenvalue weighted by atomic mass is 19.1. The van der Waals surface area contributed by atoms with E-state index in [1.165, 1.54) is 4.90 Å². The first-order valence-corrected chi connectivity index (χ1v) is 12.8. The molecular weight excluding hydrogens is 541 g/mol. The molecule has 2 unspecified atom stereocenters.